The second-order valence-corrected chi connectivity index (χ2v) is 4.63. The van der Waals surface area contributed by atoms with Crippen molar-refractivity contribution < 1.29 is 0 Å². The Morgan fingerprint density at radius 1 is 1.00 bits per heavy atom. The Morgan fingerprint density at radius 3 is 2.29 bits per heavy atom. The van der Waals surface area contributed by atoms with E-state index in [1.165, 1.54) is 0 Å². The Kier molecular flexibility index (Phi) is 4.11. The van der Waals surface area contributed by atoms with E-state index in [1.807, 2.05) is 24.3 Å². The van der Waals surface area contributed by atoms with Crippen molar-refractivity contribution in [2.24, 2.45) is 0 Å². The Balaban J connectivity index is 2.10. The van der Waals surface area contributed by atoms with Crippen LogP contribution in [0.25, 0.3) is 0 Å². The van der Waals surface area contributed by atoms with Gasteiger partial charge in [-0.2, -0.15) is 0 Å². The average Bonchev–Trinajstić information content (AvgIpc) is 2.31. The van der Waals surface area contributed by atoms with Gasteiger partial charge < -0.3 is 5.32 Å². The number of halogens is 3. The summed E-state index contributed by atoms with van der Waals surface area (Å²) in [6.45, 7) is 0.543. The molecule has 0 fully saturated rings. The zero-order chi connectivity index (χ0) is 12.3. The molecule has 0 bridgehead atoms. The van der Waals surface area contributed by atoms with E-state index in [9.17, 15) is 0 Å². The van der Waals surface area contributed by atoms with Crippen molar-refractivity contribution >= 4 is 40.5 Å². The van der Waals surface area contributed by atoms with Crippen LogP contribution in [-0.4, -0.2) is 4.98 Å². The molecule has 2 aromatic rings. The number of nitrogens with one attached hydrogen (secondary N) is 1. The van der Waals surface area contributed by atoms with Gasteiger partial charge in [0.05, 0.1) is 11.9 Å². The summed E-state index contributed by atoms with van der Waals surface area (Å²) in [5.74, 6) is 0. The minimum absolute atomic E-state index is 0.464. The van der Waals surface area contributed by atoms with Gasteiger partial charge in [0, 0.05) is 22.2 Å². The molecule has 17 heavy (non-hydrogen) atoms. The first-order valence-corrected chi connectivity index (χ1v) is 6.08. The summed E-state index contributed by atoms with van der Waals surface area (Å²) in [6.07, 6.45) is 1.66. The van der Waals surface area contributed by atoms with Crippen molar-refractivity contribution in [3.05, 3.63) is 57.3 Å². The van der Waals surface area contributed by atoms with Crippen LogP contribution in [0.1, 0.15) is 5.56 Å². The van der Waals surface area contributed by atoms with Crippen molar-refractivity contribution in [3.63, 3.8) is 0 Å². The predicted molar refractivity (Wildman–Crippen MR) is 73.0 cm³/mol. The largest absolute Gasteiger partial charge is 0.380 e. The van der Waals surface area contributed by atoms with Gasteiger partial charge in [0.1, 0.15) is 5.15 Å². The lowest BCUT2D eigenvalue weighted by Crippen LogP contribution is -2.01. The molecule has 0 saturated heterocycles. The maximum Gasteiger partial charge on any atom is 0.129 e. The smallest absolute Gasteiger partial charge is 0.129 e. The fourth-order valence-corrected chi connectivity index (χ4v) is 2.01. The Bertz CT molecular complexity index is 491. The standard InChI is InChI=1S/C12H9Cl3N2/c13-10-2-1-3-11(14)9(10)7-16-8-4-5-12(15)17-6-8/h1-6,16H,7H2. The topological polar surface area (TPSA) is 24.9 Å². The first kappa shape index (κ1) is 12.5. The second-order valence-electron chi connectivity index (χ2n) is 3.42. The number of rotatable bonds is 3. The molecule has 0 aliphatic carbocycles. The molecule has 0 saturated carbocycles. The summed E-state index contributed by atoms with van der Waals surface area (Å²) in [5.41, 5.74) is 1.73. The maximum atomic E-state index is 6.06. The summed E-state index contributed by atoms with van der Waals surface area (Å²) in [5, 5.41) is 4.93. The van der Waals surface area contributed by atoms with Gasteiger partial charge in [0.2, 0.25) is 0 Å². The molecular weight excluding hydrogens is 279 g/mol. The lowest BCUT2D eigenvalue weighted by molar-refractivity contribution is 1.14. The number of aromatic nitrogens is 1. The molecule has 88 valence electrons. The van der Waals surface area contributed by atoms with Crippen LogP contribution in [0, 0.1) is 0 Å². The van der Waals surface area contributed by atoms with Crippen LogP contribution >= 0.6 is 34.8 Å². The molecule has 1 heterocycles. The molecule has 0 atom stereocenters. The molecule has 1 N–H and O–H groups in total. The number of nitrogens with zero attached hydrogens (tertiary/aromatic N) is 1. The van der Waals surface area contributed by atoms with E-state index in [0.717, 1.165) is 11.3 Å². The summed E-state index contributed by atoms with van der Waals surface area (Å²) in [4.78, 5) is 3.97. The lowest BCUT2D eigenvalue weighted by atomic mass is 10.2. The van der Waals surface area contributed by atoms with Crippen LogP contribution in [-0.2, 0) is 6.54 Å². The molecule has 0 aliphatic rings. The number of anilines is 1. The molecule has 0 amide bonds. The fraction of sp³-hybridized carbons (Fsp3) is 0.0833. The van der Waals surface area contributed by atoms with Crippen molar-refractivity contribution in [2.75, 3.05) is 5.32 Å². The normalized spacial score (nSPS) is 10.3. The van der Waals surface area contributed by atoms with Crippen molar-refractivity contribution in [3.8, 4) is 0 Å². The summed E-state index contributed by atoms with van der Waals surface area (Å²) < 4.78 is 0. The van der Waals surface area contributed by atoms with Crippen LogP contribution in [0.5, 0.6) is 0 Å². The molecule has 1 aromatic heterocycles. The lowest BCUT2D eigenvalue weighted by Gasteiger charge is -2.09. The number of hydrogen-bond acceptors (Lipinski definition) is 2. The summed E-state index contributed by atoms with van der Waals surface area (Å²) >= 11 is 17.8. The van der Waals surface area contributed by atoms with E-state index >= 15 is 0 Å². The van der Waals surface area contributed by atoms with E-state index in [2.05, 4.69) is 10.3 Å². The zero-order valence-corrected chi connectivity index (χ0v) is 11.0. The minimum atomic E-state index is 0.464. The number of pyridine rings is 1. The van der Waals surface area contributed by atoms with Gasteiger partial charge in [-0.25, -0.2) is 4.98 Å². The van der Waals surface area contributed by atoms with Gasteiger partial charge in [-0.3, -0.25) is 0 Å². The minimum Gasteiger partial charge on any atom is -0.380 e. The zero-order valence-electron chi connectivity index (χ0n) is 8.75. The molecule has 0 unspecified atom stereocenters. The van der Waals surface area contributed by atoms with Crippen molar-refractivity contribution in [1.29, 1.82) is 0 Å². The first-order valence-electron chi connectivity index (χ1n) is 4.95. The van der Waals surface area contributed by atoms with Crippen LogP contribution < -0.4 is 5.32 Å². The van der Waals surface area contributed by atoms with Crippen LogP contribution in [0.4, 0.5) is 5.69 Å². The van der Waals surface area contributed by atoms with Gasteiger partial charge in [-0.05, 0) is 24.3 Å². The quantitative estimate of drug-likeness (QED) is 0.831. The summed E-state index contributed by atoms with van der Waals surface area (Å²) in [6, 6.07) is 9.01. The molecule has 2 rings (SSSR count). The van der Waals surface area contributed by atoms with Gasteiger partial charge in [-0.1, -0.05) is 40.9 Å². The highest BCUT2D eigenvalue weighted by Crippen LogP contribution is 2.25. The van der Waals surface area contributed by atoms with Gasteiger partial charge in [0.25, 0.3) is 0 Å². The molecule has 1 aromatic carbocycles. The number of hydrogen-bond donors (Lipinski definition) is 1. The molecule has 0 radical (unpaired) electrons. The van der Waals surface area contributed by atoms with E-state index in [4.69, 9.17) is 34.8 Å². The van der Waals surface area contributed by atoms with Crippen LogP contribution in [0.15, 0.2) is 36.5 Å². The van der Waals surface area contributed by atoms with Crippen LogP contribution in [0.3, 0.4) is 0 Å². The Labute approximate surface area is 115 Å². The monoisotopic (exact) mass is 286 g/mol. The van der Waals surface area contributed by atoms with E-state index in [1.54, 1.807) is 12.3 Å². The fourth-order valence-electron chi connectivity index (χ4n) is 1.37. The maximum absolute atomic E-state index is 6.06. The highest BCUT2D eigenvalue weighted by atomic mass is 35.5. The highest BCUT2D eigenvalue weighted by molar-refractivity contribution is 6.36. The third-order valence-electron chi connectivity index (χ3n) is 2.26. The van der Waals surface area contributed by atoms with E-state index in [0.29, 0.717) is 21.7 Å². The van der Waals surface area contributed by atoms with Gasteiger partial charge in [0.15, 0.2) is 0 Å². The van der Waals surface area contributed by atoms with E-state index < -0.39 is 0 Å². The molecular formula is C12H9Cl3N2. The molecule has 0 spiro atoms. The second kappa shape index (κ2) is 5.58. The summed E-state index contributed by atoms with van der Waals surface area (Å²) in [7, 11) is 0. The Morgan fingerprint density at radius 2 is 1.71 bits per heavy atom. The third-order valence-corrected chi connectivity index (χ3v) is 3.19. The SMILES string of the molecule is Clc1ccc(NCc2c(Cl)cccc2Cl)cn1. The van der Waals surface area contributed by atoms with Crippen LogP contribution in [0.2, 0.25) is 15.2 Å². The Hall–Kier alpha value is -0.960. The first-order chi connectivity index (χ1) is 8.16. The van der Waals surface area contributed by atoms with Crippen molar-refractivity contribution in [2.45, 2.75) is 6.54 Å². The van der Waals surface area contributed by atoms with Gasteiger partial charge >= 0.3 is 0 Å². The molecule has 2 nitrogen and oxygen atoms in total. The third kappa shape index (κ3) is 3.25. The van der Waals surface area contributed by atoms with Crippen molar-refractivity contribution in [1.82, 2.24) is 4.98 Å². The average molecular weight is 288 g/mol. The van der Waals surface area contributed by atoms with E-state index in [-0.39, 0.29) is 0 Å². The highest BCUT2D eigenvalue weighted by Gasteiger charge is 2.04. The molecule has 5 heteroatoms. The van der Waals surface area contributed by atoms with Gasteiger partial charge in [-0.15, -0.1) is 0 Å². The number of benzene rings is 1. The predicted octanol–water partition coefficient (Wildman–Crippen LogP) is 4.65. The molecule has 0 aliphatic heterocycles.